The van der Waals surface area contributed by atoms with E-state index in [0.717, 1.165) is 62.5 Å². The van der Waals surface area contributed by atoms with E-state index in [1.807, 2.05) is 24.3 Å². The Kier molecular flexibility index (Phi) is 10.5. The molecule has 7 nitrogen and oxygen atoms in total. The van der Waals surface area contributed by atoms with Gasteiger partial charge in [-0.25, -0.2) is 0 Å². The first kappa shape index (κ1) is 40.4. The minimum atomic E-state index is -1.17. The van der Waals surface area contributed by atoms with Crippen molar-refractivity contribution >= 4 is 29.3 Å². The molecule has 2 N–H and O–H groups in total. The Hall–Kier alpha value is -2.22. The Labute approximate surface area is 323 Å². The monoisotopic (exact) mass is 751 g/mol. The predicted octanol–water partition coefficient (Wildman–Crippen LogP) is 9.53. The molecular formula is C45H66ClNO6. The zero-order chi connectivity index (χ0) is 39.1. The molecule has 6 rings (SSSR count). The summed E-state index contributed by atoms with van der Waals surface area (Å²) in [5.41, 5.74) is 1.60. The number of fused-ring (bicyclic) bond motifs is 7. The van der Waals surface area contributed by atoms with Crippen LogP contribution in [0.15, 0.2) is 35.4 Å². The second-order valence-electron chi connectivity index (χ2n) is 20.4. The maximum Gasteiger partial charge on any atom is 0.309 e. The second kappa shape index (κ2) is 13.8. The summed E-state index contributed by atoms with van der Waals surface area (Å²) in [5, 5.41) is 22.7. The van der Waals surface area contributed by atoms with Gasteiger partial charge in [-0.3, -0.25) is 19.3 Å². The third-order valence-electron chi connectivity index (χ3n) is 16.4. The van der Waals surface area contributed by atoms with Crippen molar-refractivity contribution in [3.63, 3.8) is 0 Å². The van der Waals surface area contributed by atoms with Crippen molar-refractivity contribution < 1.29 is 29.3 Å². The van der Waals surface area contributed by atoms with Gasteiger partial charge < -0.3 is 14.9 Å². The fourth-order valence-corrected chi connectivity index (χ4v) is 13.5. The Bertz CT molecular complexity index is 1650. The molecule has 1 aromatic carbocycles. The molecule has 0 saturated heterocycles. The number of aliphatic hydroxyl groups excluding tert-OH is 1. The van der Waals surface area contributed by atoms with Gasteiger partial charge in [0, 0.05) is 35.4 Å². The van der Waals surface area contributed by atoms with E-state index < -0.39 is 28.9 Å². The van der Waals surface area contributed by atoms with Gasteiger partial charge in [-0.15, -0.1) is 0 Å². The first-order valence-corrected chi connectivity index (χ1v) is 20.7. The molecule has 0 aliphatic heterocycles. The number of esters is 1. The van der Waals surface area contributed by atoms with Crippen LogP contribution in [-0.4, -0.2) is 58.6 Å². The summed E-state index contributed by atoms with van der Waals surface area (Å²) in [6, 6.07) is 7.89. The lowest BCUT2D eigenvalue weighted by Gasteiger charge is -2.72. The molecule has 294 valence electrons. The third kappa shape index (κ3) is 6.45. The van der Waals surface area contributed by atoms with Crippen LogP contribution < -0.4 is 0 Å². The Balaban J connectivity index is 1.27. The molecule has 0 heterocycles. The number of rotatable bonds is 10. The van der Waals surface area contributed by atoms with Crippen LogP contribution in [0.4, 0.5) is 0 Å². The number of likely N-dealkylation sites (N-methyl/N-ethyl adjacent to an activating group) is 1. The number of hydrogen-bond acceptors (Lipinski definition) is 6. The average Bonchev–Trinajstić information content (AvgIpc) is 3.37. The molecule has 0 radical (unpaired) electrons. The number of carboxylic acids is 1. The highest BCUT2D eigenvalue weighted by Crippen LogP contribution is 2.77. The van der Waals surface area contributed by atoms with Gasteiger partial charge in [0.1, 0.15) is 6.10 Å². The van der Waals surface area contributed by atoms with E-state index in [0.29, 0.717) is 36.4 Å². The highest BCUT2D eigenvalue weighted by Gasteiger charge is 2.70. The smallest absolute Gasteiger partial charge is 0.309 e. The Morgan fingerprint density at radius 1 is 0.943 bits per heavy atom. The van der Waals surface area contributed by atoms with E-state index in [-0.39, 0.29) is 51.8 Å². The number of benzene rings is 1. The third-order valence-corrected chi connectivity index (χ3v) is 16.6. The second-order valence-corrected chi connectivity index (χ2v) is 20.8. The van der Waals surface area contributed by atoms with Gasteiger partial charge in [0.2, 0.25) is 0 Å². The quantitative estimate of drug-likeness (QED) is 0.230. The summed E-state index contributed by atoms with van der Waals surface area (Å²) >= 11 is 6.15. The summed E-state index contributed by atoms with van der Waals surface area (Å²) in [5.74, 6) is 0.0429. The molecule has 53 heavy (non-hydrogen) atoms. The number of hydrogen-bond donors (Lipinski definition) is 2. The van der Waals surface area contributed by atoms with Crippen LogP contribution in [0.1, 0.15) is 132 Å². The largest absolute Gasteiger partial charge is 0.481 e. The van der Waals surface area contributed by atoms with E-state index in [1.54, 1.807) is 13.8 Å². The van der Waals surface area contributed by atoms with E-state index in [2.05, 4.69) is 60.4 Å². The summed E-state index contributed by atoms with van der Waals surface area (Å²) in [6.07, 6.45) is 7.21. The number of aliphatic hydroxyl groups is 1. The molecule has 0 spiro atoms. The first-order valence-electron chi connectivity index (χ1n) is 20.4. The maximum atomic E-state index is 14.1. The van der Waals surface area contributed by atoms with Crippen LogP contribution in [0.25, 0.3) is 0 Å². The SMILES string of the molecule is CC(C)C1=C2[C@H]3CC[C@@H]4[C@@]5(C)CC[C@H](OC(=O)CC(C)(C)C(=O)O)C(C)(C)C5CC[C@@]4(C)[C@]3(C)CCC2(C(O)CN(C)Cc2ccc(Cl)cc2)CC1=O. The van der Waals surface area contributed by atoms with Crippen molar-refractivity contribution in [2.75, 3.05) is 13.6 Å². The van der Waals surface area contributed by atoms with Gasteiger partial charge in [-0.1, -0.05) is 77.8 Å². The van der Waals surface area contributed by atoms with Gasteiger partial charge in [0.05, 0.1) is 17.9 Å². The first-order chi connectivity index (χ1) is 24.5. The summed E-state index contributed by atoms with van der Waals surface area (Å²) < 4.78 is 6.17. The van der Waals surface area contributed by atoms with Crippen LogP contribution in [0, 0.1) is 56.2 Å². The molecule has 9 atom stereocenters. The van der Waals surface area contributed by atoms with E-state index in [1.165, 1.54) is 5.57 Å². The zero-order valence-electron chi connectivity index (χ0n) is 34.1. The fraction of sp³-hybridized carbons (Fsp3) is 0.756. The van der Waals surface area contributed by atoms with Crippen molar-refractivity contribution in [1.29, 1.82) is 0 Å². The Morgan fingerprint density at radius 2 is 1.60 bits per heavy atom. The lowest BCUT2D eigenvalue weighted by atomic mass is 9.33. The summed E-state index contributed by atoms with van der Waals surface area (Å²) in [4.78, 5) is 41.2. The van der Waals surface area contributed by atoms with Crippen LogP contribution in [-0.2, 0) is 25.7 Å². The molecule has 1 aromatic rings. The van der Waals surface area contributed by atoms with E-state index >= 15 is 0 Å². The van der Waals surface area contributed by atoms with Crippen molar-refractivity contribution in [3.8, 4) is 0 Å². The number of carbonyl (C=O) groups is 3. The number of ether oxygens (including phenoxy) is 1. The topological polar surface area (TPSA) is 104 Å². The van der Waals surface area contributed by atoms with Crippen molar-refractivity contribution in [1.82, 2.24) is 4.90 Å². The molecule has 0 amide bonds. The lowest BCUT2D eigenvalue weighted by Crippen LogP contribution is -2.66. The molecule has 0 bridgehead atoms. The standard InChI is InChI=1S/C45H66ClNO6/c1-27(2)37-31(48)23-45(34(49)26-47(10)25-28-11-13-29(46)14-12-28)22-21-43(8)30(38(37)45)15-16-33-42(7)19-18-35(53-36(50)24-40(3,4)39(51)52)41(5,6)32(42)17-20-44(33,43)9/h11-14,27,30,32-35,49H,15-26H2,1-10H3,(H,51,52)/t30-,32?,33-,34?,35+,42+,43-,44-,45?/m1/s1. The molecule has 5 aliphatic rings. The van der Waals surface area contributed by atoms with Crippen LogP contribution >= 0.6 is 11.6 Å². The molecule has 8 heteroatoms. The lowest BCUT2D eigenvalue weighted by molar-refractivity contribution is -0.235. The maximum absolute atomic E-state index is 14.1. The number of nitrogens with zero attached hydrogens (tertiary/aromatic N) is 1. The number of ketones is 1. The minimum absolute atomic E-state index is 0.0156. The van der Waals surface area contributed by atoms with Crippen molar-refractivity contribution in [2.24, 2.45) is 56.2 Å². The Morgan fingerprint density at radius 3 is 2.23 bits per heavy atom. The number of halogens is 1. The van der Waals surface area contributed by atoms with Crippen LogP contribution in [0.5, 0.6) is 0 Å². The summed E-state index contributed by atoms with van der Waals surface area (Å²) in [6.45, 7) is 20.9. The normalized spacial score (nSPS) is 37.1. The molecule has 0 aromatic heterocycles. The number of Topliss-reactive ketones (excluding diaryl/α,β-unsaturated/α-hetero) is 1. The van der Waals surface area contributed by atoms with Gasteiger partial charge >= 0.3 is 11.9 Å². The van der Waals surface area contributed by atoms with Crippen molar-refractivity contribution in [3.05, 3.63) is 46.0 Å². The number of carbonyl (C=O) groups excluding carboxylic acids is 2. The molecule has 5 aliphatic carbocycles. The molecule has 4 saturated carbocycles. The van der Waals surface area contributed by atoms with Crippen LogP contribution in [0.2, 0.25) is 5.02 Å². The average molecular weight is 752 g/mol. The zero-order valence-corrected chi connectivity index (χ0v) is 34.9. The van der Waals surface area contributed by atoms with Gasteiger partial charge in [-0.05, 0) is 135 Å². The minimum Gasteiger partial charge on any atom is -0.481 e. The molecule has 4 fully saturated rings. The molecule has 3 unspecified atom stereocenters. The highest BCUT2D eigenvalue weighted by molar-refractivity contribution is 6.30. The van der Waals surface area contributed by atoms with Crippen molar-refractivity contribution in [2.45, 2.75) is 145 Å². The van der Waals surface area contributed by atoms with Gasteiger partial charge in [-0.2, -0.15) is 0 Å². The van der Waals surface area contributed by atoms with E-state index in [4.69, 9.17) is 16.3 Å². The predicted molar refractivity (Wildman–Crippen MR) is 209 cm³/mol. The highest BCUT2D eigenvalue weighted by atomic mass is 35.5. The van der Waals surface area contributed by atoms with Gasteiger partial charge in [0.15, 0.2) is 5.78 Å². The number of allylic oxidation sites excluding steroid dienone is 1. The van der Waals surface area contributed by atoms with Gasteiger partial charge in [0.25, 0.3) is 0 Å². The number of aliphatic carboxylic acids is 1. The summed E-state index contributed by atoms with van der Waals surface area (Å²) in [7, 11) is 2.06. The molecular weight excluding hydrogens is 686 g/mol. The number of carboxylic acid groups (broad SMARTS) is 1. The fourth-order valence-electron chi connectivity index (χ4n) is 13.3. The van der Waals surface area contributed by atoms with Crippen LogP contribution in [0.3, 0.4) is 0 Å². The van der Waals surface area contributed by atoms with E-state index in [9.17, 15) is 24.6 Å².